The lowest BCUT2D eigenvalue weighted by Crippen LogP contribution is -2.61. The first-order valence-electron chi connectivity index (χ1n) is 8.29. The van der Waals surface area contributed by atoms with E-state index in [-0.39, 0.29) is 11.5 Å². The van der Waals surface area contributed by atoms with Gasteiger partial charge in [-0.2, -0.15) is 0 Å². The summed E-state index contributed by atoms with van der Waals surface area (Å²) in [5.41, 5.74) is 0.269. The highest BCUT2D eigenvalue weighted by molar-refractivity contribution is 5.02. The lowest BCUT2D eigenvalue weighted by atomic mass is 9.64. The maximum atomic E-state index is 9.49. The van der Waals surface area contributed by atoms with Crippen LogP contribution < -0.4 is 5.32 Å². The van der Waals surface area contributed by atoms with E-state index < -0.39 is 0 Å². The highest BCUT2D eigenvalue weighted by atomic mass is 16.5. The Balaban J connectivity index is 1.56. The first-order chi connectivity index (χ1) is 9.54. The van der Waals surface area contributed by atoms with Crippen LogP contribution in [0, 0.1) is 5.41 Å². The zero-order valence-corrected chi connectivity index (χ0v) is 13.4. The van der Waals surface area contributed by atoms with E-state index in [1.807, 2.05) is 0 Å². The van der Waals surface area contributed by atoms with Crippen molar-refractivity contribution in [2.45, 2.75) is 64.7 Å². The van der Waals surface area contributed by atoms with Gasteiger partial charge in [-0.15, -0.1) is 0 Å². The van der Waals surface area contributed by atoms with Gasteiger partial charge in [0.2, 0.25) is 0 Å². The van der Waals surface area contributed by atoms with Crippen molar-refractivity contribution in [2.24, 2.45) is 5.41 Å². The molecule has 1 saturated carbocycles. The molecule has 1 aliphatic carbocycles. The third kappa shape index (κ3) is 3.94. The minimum atomic E-state index is -0.0596. The van der Waals surface area contributed by atoms with Crippen LogP contribution in [0.1, 0.15) is 46.5 Å². The number of rotatable bonds is 7. The standard InChI is InChI=1S/C16H32N2O2/c1-4-20-15-12-14(16(15,2)3)17-8-5-9-18-10-6-13(19)7-11-18/h13-15,17,19H,4-12H2,1-3H3. The summed E-state index contributed by atoms with van der Waals surface area (Å²) in [6.07, 6.45) is 4.60. The second kappa shape index (κ2) is 7.21. The fourth-order valence-corrected chi connectivity index (χ4v) is 3.44. The number of nitrogens with one attached hydrogen (secondary N) is 1. The van der Waals surface area contributed by atoms with Crippen LogP contribution in [0.3, 0.4) is 0 Å². The number of aliphatic hydroxyl groups excluding tert-OH is 1. The molecule has 20 heavy (non-hydrogen) atoms. The molecule has 1 saturated heterocycles. The van der Waals surface area contributed by atoms with E-state index in [0.29, 0.717) is 12.1 Å². The minimum Gasteiger partial charge on any atom is -0.393 e. The van der Waals surface area contributed by atoms with Gasteiger partial charge in [-0.25, -0.2) is 0 Å². The van der Waals surface area contributed by atoms with Crippen LogP contribution in [0.25, 0.3) is 0 Å². The van der Waals surface area contributed by atoms with E-state index >= 15 is 0 Å². The van der Waals surface area contributed by atoms with Crippen LogP contribution in [0.2, 0.25) is 0 Å². The Morgan fingerprint density at radius 3 is 2.60 bits per heavy atom. The average molecular weight is 284 g/mol. The monoisotopic (exact) mass is 284 g/mol. The molecular formula is C16H32N2O2. The van der Waals surface area contributed by atoms with Gasteiger partial charge in [0.1, 0.15) is 0 Å². The second-order valence-electron chi connectivity index (χ2n) is 6.93. The van der Waals surface area contributed by atoms with E-state index in [4.69, 9.17) is 4.74 Å². The molecule has 0 amide bonds. The maximum Gasteiger partial charge on any atom is 0.0655 e. The Morgan fingerprint density at radius 1 is 1.30 bits per heavy atom. The fourth-order valence-electron chi connectivity index (χ4n) is 3.44. The van der Waals surface area contributed by atoms with E-state index in [1.54, 1.807) is 0 Å². The summed E-state index contributed by atoms with van der Waals surface area (Å²) in [6.45, 7) is 11.9. The summed E-state index contributed by atoms with van der Waals surface area (Å²) < 4.78 is 5.76. The molecule has 1 aliphatic heterocycles. The van der Waals surface area contributed by atoms with Gasteiger partial charge in [0.05, 0.1) is 12.2 Å². The Bertz CT molecular complexity index is 288. The molecular weight excluding hydrogens is 252 g/mol. The third-order valence-electron chi connectivity index (χ3n) is 5.14. The number of piperidine rings is 1. The summed E-state index contributed by atoms with van der Waals surface area (Å²) in [7, 11) is 0. The fraction of sp³-hybridized carbons (Fsp3) is 1.00. The predicted octanol–water partition coefficient (Wildman–Crippen LogP) is 1.63. The summed E-state index contributed by atoms with van der Waals surface area (Å²) in [5, 5.41) is 13.2. The van der Waals surface area contributed by atoms with Crippen molar-refractivity contribution < 1.29 is 9.84 Å². The van der Waals surface area contributed by atoms with E-state index in [2.05, 4.69) is 31.0 Å². The number of nitrogens with zero attached hydrogens (tertiary/aromatic N) is 1. The zero-order valence-electron chi connectivity index (χ0n) is 13.4. The summed E-state index contributed by atoms with van der Waals surface area (Å²) in [6, 6.07) is 0.599. The Morgan fingerprint density at radius 2 is 2.00 bits per heavy atom. The van der Waals surface area contributed by atoms with Crippen molar-refractivity contribution >= 4 is 0 Å². The van der Waals surface area contributed by atoms with Gasteiger partial charge in [0, 0.05) is 31.2 Å². The Hall–Kier alpha value is -0.160. The molecule has 0 aromatic rings. The molecule has 0 radical (unpaired) electrons. The molecule has 2 rings (SSSR count). The first kappa shape index (κ1) is 16.2. The molecule has 118 valence electrons. The predicted molar refractivity (Wildman–Crippen MR) is 81.9 cm³/mol. The molecule has 0 spiro atoms. The summed E-state index contributed by atoms with van der Waals surface area (Å²) >= 11 is 0. The number of hydrogen-bond donors (Lipinski definition) is 2. The highest BCUT2D eigenvalue weighted by Crippen LogP contribution is 2.42. The quantitative estimate of drug-likeness (QED) is 0.698. The zero-order chi connectivity index (χ0) is 14.6. The summed E-state index contributed by atoms with van der Waals surface area (Å²) in [5.74, 6) is 0. The lowest BCUT2D eigenvalue weighted by molar-refractivity contribution is -0.114. The molecule has 0 aromatic carbocycles. The van der Waals surface area contributed by atoms with Crippen molar-refractivity contribution in [3.63, 3.8) is 0 Å². The van der Waals surface area contributed by atoms with Gasteiger partial charge in [-0.3, -0.25) is 0 Å². The van der Waals surface area contributed by atoms with Gasteiger partial charge < -0.3 is 20.1 Å². The molecule has 2 unspecified atom stereocenters. The highest BCUT2D eigenvalue weighted by Gasteiger charge is 2.48. The first-order valence-corrected chi connectivity index (χ1v) is 8.29. The Kier molecular flexibility index (Phi) is 5.84. The SMILES string of the molecule is CCOC1CC(NCCCN2CCC(O)CC2)C1(C)C. The summed E-state index contributed by atoms with van der Waals surface area (Å²) in [4.78, 5) is 2.48. The number of hydrogen-bond acceptors (Lipinski definition) is 4. The van der Waals surface area contributed by atoms with Crippen molar-refractivity contribution in [2.75, 3.05) is 32.8 Å². The van der Waals surface area contributed by atoms with Gasteiger partial charge >= 0.3 is 0 Å². The van der Waals surface area contributed by atoms with Gasteiger partial charge in [-0.1, -0.05) is 13.8 Å². The van der Waals surface area contributed by atoms with Crippen LogP contribution in [0.5, 0.6) is 0 Å². The number of likely N-dealkylation sites (tertiary alicyclic amines) is 1. The topological polar surface area (TPSA) is 44.7 Å². The van der Waals surface area contributed by atoms with Crippen molar-refractivity contribution in [1.29, 1.82) is 0 Å². The molecule has 2 fully saturated rings. The van der Waals surface area contributed by atoms with Crippen molar-refractivity contribution in [3.05, 3.63) is 0 Å². The lowest BCUT2D eigenvalue weighted by Gasteiger charge is -2.52. The van der Waals surface area contributed by atoms with Crippen LogP contribution in [0.4, 0.5) is 0 Å². The largest absolute Gasteiger partial charge is 0.393 e. The minimum absolute atomic E-state index is 0.0596. The molecule has 2 aliphatic rings. The van der Waals surface area contributed by atoms with E-state index in [9.17, 15) is 5.11 Å². The molecule has 2 atom stereocenters. The molecule has 0 aromatic heterocycles. The molecule has 2 N–H and O–H groups in total. The van der Waals surface area contributed by atoms with Gasteiger partial charge in [-0.05, 0) is 45.7 Å². The molecule has 0 bridgehead atoms. The van der Waals surface area contributed by atoms with Crippen LogP contribution in [-0.4, -0.2) is 61.0 Å². The van der Waals surface area contributed by atoms with Crippen molar-refractivity contribution in [3.8, 4) is 0 Å². The maximum absolute atomic E-state index is 9.49. The van der Waals surface area contributed by atoms with Crippen molar-refractivity contribution in [1.82, 2.24) is 10.2 Å². The normalized spacial score (nSPS) is 31.2. The van der Waals surface area contributed by atoms with Crippen LogP contribution >= 0.6 is 0 Å². The average Bonchev–Trinajstić information content (AvgIpc) is 2.43. The Labute approximate surface area is 123 Å². The number of ether oxygens (including phenoxy) is 1. The molecule has 4 nitrogen and oxygen atoms in total. The van der Waals surface area contributed by atoms with E-state index in [0.717, 1.165) is 52.0 Å². The van der Waals surface area contributed by atoms with Crippen LogP contribution in [-0.2, 0) is 4.74 Å². The van der Waals surface area contributed by atoms with Gasteiger partial charge in [0.25, 0.3) is 0 Å². The van der Waals surface area contributed by atoms with Crippen LogP contribution in [0.15, 0.2) is 0 Å². The smallest absolute Gasteiger partial charge is 0.0655 e. The van der Waals surface area contributed by atoms with Gasteiger partial charge in [0.15, 0.2) is 0 Å². The van der Waals surface area contributed by atoms with E-state index in [1.165, 1.54) is 6.42 Å². The molecule has 1 heterocycles. The third-order valence-corrected chi connectivity index (χ3v) is 5.14. The number of aliphatic hydroxyl groups is 1. The second-order valence-corrected chi connectivity index (χ2v) is 6.93. The molecule has 4 heteroatoms.